The summed E-state index contributed by atoms with van der Waals surface area (Å²) < 4.78 is 0. The zero-order valence-corrected chi connectivity index (χ0v) is 17.4. The summed E-state index contributed by atoms with van der Waals surface area (Å²) in [6, 6.07) is 14.9. The fourth-order valence-corrected chi connectivity index (χ4v) is 3.30. The number of carbonyl (C=O) groups excluding carboxylic acids is 1. The van der Waals surface area contributed by atoms with Gasteiger partial charge in [0.05, 0.1) is 5.52 Å². The number of aryl methyl sites for hydroxylation is 1. The molecule has 1 amide bonds. The molecule has 0 aliphatic heterocycles. The number of anilines is 2. The Hall–Kier alpha value is -2.85. The van der Waals surface area contributed by atoms with E-state index in [9.17, 15) is 4.79 Å². The van der Waals surface area contributed by atoms with Gasteiger partial charge in [0.1, 0.15) is 0 Å². The van der Waals surface area contributed by atoms with E-state index >= 15 is 0 Å². The highest BCUT2D eigenvalue weighted by molar-refractivity contribution is 6.30. The van der Waals surface area contributed by atoms with Gasteiger partial charge in [0, 0.05) is 33.6 Å². The van der Waals surface area contributed by atoms with Crippen molar-refractivity contribution in [2.45, 2.75) is 39.0 Å². The quantitative estimate of drug-likeness (QED) is 0.342. The fraction of sp³-hybridized carbons (Fsp3) is 0.250. The lowest BCUT2D eigenvalue weighted by atomic mass is 10.1. The molecule has 0 fully saturated rings. The summed E-state index contributed by atoms with van der Waals surface area (Å²) in [5, 5.41) is 4.38. The summed E-state index contributed by atoms with van der Waals surface area (Å²) >= 11 is 5.87. The maximum atomic E-state index is 12.2. The van der Waals surface area contributed by atoms with Crippen LogP contribution in [0.2, 0.25) is 5.02 Å². The van der Waals surface area contributed by atoms with E-state index < -0.39 is 0 Å². The average molecular weight is 408 g/mol. The third-order valence-electron chi connectivity index (χ3n) is 4.74. The third kappa shape index (κ3) is 6.06. The molecule has 150 valence electrons. The predicted octanol–water partition coefficient (Wildman–Crippen LogP) is 6.25. The van der Waals surface area contributed by atoms with Gasteiger partial charge in [-0.25, -0.2) is 0 Å². The van der Waals surface area contributed by atoms with Crippen molar-refractivity contribution in [1.82, 2.24) is 4.98 Å². The minimum atomic E-state index is -0.210. The number of unbranched alkanes of at least 4 members (excludes halogenated alkanes) is 3. The maximum absolute atomic E-state index is 12.2. The van der Waals surface area contributed by atoms with E-state index in [1.165, 1.54) is 25.3 Å². The Labute approximate surface area is 176 Å². The molecule has 5 heteroatoms. The number of halogens is 1. The Kier molecular flexibility index (Phi) is 7.25. The van der Waals surface area contributed by atoms with Crippen LogP contribution in [0.25, 0.3) is 17.0 Å². The van der Waals surface area contributed by atoms with E-state index in [0.717, 1.165) is 35.0 Å². The number of fused-ring (bicyclic) bond motifs is 1. The molecule has 0 aliphatic rings. The van der Waals surface area contributed by atoms with Crippen LogP contribution < -0.4 is 11.1 Å². The minimum Gasteiger partial charge on any atom is -0.398 e. The summed E-state index contributed by atoms with van der Waals surface area (Å²) in [5.74, 6) is -0.210. The Bertz CT molecular complexity index is 1010. The Balaban J connectivity index is 1.67. The van der Waals surface area contributed by atoms with Crippen molar-refractivity contribution in [2.75, 3.05) is 11.1 Å². The van der Waals surface area contributed by atoms with Gasteiger partial charge in [0.15, 0.2) is 0 Å². The number of pyridine rings is 1. The van der Waals surface area contributed by atoms with Crippen molar-refractivity contribution in [3.63, 3.8) is 0 Å². The summed E-state index contributed by atoms with van der Waals surface area (Å²) in [4.78, 5) is 16.9. The van der Waals surface area contributed by atoms with Gasteiger partial charge in [-0.05, 0) is 60.9 Å². The number of benzene rings is 2. The lowest BCUT2D eigenvalue weighted by Crippen LogP contribution is -2.08. The average Bonchev–Trinajstić information content (AvgIpc) is 2.71. The molecule has 3 N–H and O–H groups in total. The molecule has 3 aromatic rings. The number of rotatable bonds is 8. The second-order valence-corrected chi connectivity index (χ2v) is 7.56. The third-order valence-corrected chi connectivity index (χ3v) is 5.00. The number of aromatic nitrogens is 1. The second-order valence-electron chi connectivity index (χ2n) is 7.12. The van der Waals surface area contributed by atoms with Crippen LogP contribution in [-0.2, 0) is 11.2 Å². The van der Waals surface area contributed by atoms with Crippen LogP contribution in [0.4, 0.5) is 11.4 Å². The standard InChI is InChI=1S/C24H26ClN3O/c1-2-3-4-5-6-19-16-22(26)21-15-20(12-13-23(21)27-19)28-24(29)14-9-17-7-10-18(25)11-8-17/h7-16H,2-6H2,1H3,(H2,26,27)(H,28,29). The highest BCUT2D eigenvalue weighted by Crippen LogP contribution is 2.25. The van der Waals surface area contributed by atoms with E-state index in [2.05, 4.69) is 12.2 Å². The monoisotopic (exact) mass is 407 g/mol. The molecule has 4 nitrogen and oxygen atoms in total. The van der Waals surface area contributed by atoms with Gasteiger partial charge in [0.25, 0.3) is 0 Å². The second kappa shape index (κ2) is 10.1. The molecule has 0 saturated carbocycles. The lowest BCUT2D eigenvalue weighted by molar-refractivity contribution is -0.111. The van der Waals surface area contributed by atoms with Gasteiger partial charge in [-0.3, -0.25) is 9.78 Å². The first-order valence-corrected chi connectivity index (χ1v) is 10.4. The normalized spacial score (nSPS) is 11.2. The summed E-state index contributed by atoms with van der Waals surface area (Å²) in [5.41, 5.74) is 10.4. The number of hydrogen-bond acceptors (Lipinski definition) is 3. The van der Waals surface area contributed by atoms with Crippen molar-refractivity contribution in [1.29, 1.82) is 0 Å². The molecule has 0 aliphatic carbocycles. The van der Waals surface area contributed by atoms with Gasteiger partial charge in [-0.2, -0.15) is 0 Å². The van der Waals surface area contributed by atoms with Crippen molar-refractivity contribution >= 4 is 45.9 Å². The Morgan fingerprint density at radius 3 is 2.66 bits per heavy atom. The molecule has 0 atom stereocenters. The van der Waals surface area contributed by atoms with Crippen LogP contribution in [0.5, 0.6) is 0 Å². The molecule has 1 heterocycles. The number of nitrogens with zero attached hydrogens (tertiary/aromatic N) is 1. The van der Waals surface area contributed by atoms with Crippen LogP contribution in [-0.4, -0.2) is 10.9 Å². The molecule has 1 aromatic heterocycles. The van der Waals surface area contributed by atoms with Crippen molar-refractivity contribution < 1.29 is 4.79 Å². The largest absolute Gasteiger partial charge is 0.398 e. The van der Waals surface area contributed by atoms with Crippen molar-refractivity contribution in [3.8, 4) is 0 Å². The highest BCUT2D eigenvalue weighted by atomic mass is 35.5. The van der Waals surface area contributed by atoms with Gasteiger partial charge < -0.3 is 11.1 Å². The van der Waals surface area contributed by atoms with E-state index in [1.54, 1.807) is 18.2 Å². The molecule has 0 radical (unpaired) electrons. The number of carbonyl (C=O) groups is 1. The van der Waals surface area contributed by atoms with Gasteiger partial charge in [-0.1, -0.05) is 49.9 Å². The zero-order valence-electron chi connectivity index (χ0n) is 16.6. The Morgan fingerprint density at radius 2 is 1.90 bits per heavy atom. The molecular formula is C24H26ClN3O. The first-order valence-electron chi connectivity index (χ1n) is 9.99. The van der Waals surface area contributed by atoms with E-state index in [-0.39, 0.29) is 5.91 Å². The zero-order chi connectivity index (χ0) is 20.6. The SMILES string of the molecule is CCCCCCc1cc(N)c2cc(NC(=O)C=Cc3ccc(Cl)cc3)ccc2n1. The van der Waals surface area contributed by atoms with E-state index in [0.29, 0.717) is 16.4 Å². The minimum absolute atomic E-state index is 0.210. The molecule has 0 bridgehead atoms. The smallest absolute Gasteiger partial charge is 0.248 e. The number of nitrogens with two attached hydrogens (primary N) is 1. The summed E-state index contributed by atoms with van der Waals surface area (Å²) in [7, 11) is 0. The number of hydrogen-bond donors (Lipinski definition) is 2. The first-order chi connectivity index (χ1) is 14.0. The Morgan fingerprint density at radius 1 is 1.10 bits per heavy atom. The summed E-state index contributed by atoms with van der Waals surface area (Å²) in [6.07, 6.45) is 8.98. The molecule has 29 heavy (non-hydrogen) atoms. The van der Waals surface area contributed by atoms with E-state index in [4.69, 9.17) is 22.3 Å². The van der Waals surface area contributed by atoms with Crippen LogP contribution in [0, 0.1) is 0 Å². The lowest BCUT2D eigenvalue weighted by Gasteiger charge is -2.09. The highest BCUT2D eigenvalue weighted by Gasteiger charge is 2.06. The number of amides is 1. The van der Waals surface area contributed by atoms with Gasteiger partial charge in [0.2, 0.25) is 5.91 Å². The molecule has 0 saturated heterocycles. The van der Waals surface area contributed by atoms with Crippen LogP contribution in [0.15, 0.2) is 54.6 Å². The molecule has 2 aromatic carbocycles. The summed E-state index contributed by atoms with van der Waals surface area (Å²) in [6.45, 7) is 2.20. The molecule has 3 rings (SSSR count). The maximum Gasteiger partial charge on any atom is 0.248 e. The van der Waals surface area contributed by atoms with Gasteiger partial charge >= 0.3 is 0 Å². The topological polar surface area (TPSA) is 68.0 Å². The first kappa shape index (κ1) is 20.9. The molecule has 0 unspecified atom stereocenters. The molecule has 0 spiro atoms. The molecular weight excluding hydrogens is 382 g/mol. The van der Waals surface area contributed by atoms with Crippen molar-refractivity contribution in [3.05, 3.63) is 70.9 Å². The van der Waals surface area contributed by atoms with Gasteiger partial charge in [-0.15, -0.1) is 0 Å². The number of nitrogens with one attached hydrogen (secondary N) is 1. The fourth-order valence-electron chi connectivity index (χ4n) is 3.18. The van der Waals surface area contributed by atoms with Crippen LogP contribution in [0.1, 0.15) is 43.9 Å². The van der Waals surface area contributed by atoms with Crippen LogP contribution >= 0.6 is 11.6 Å². The predicted molar refractivity (Wildman–Crippen MR) is 123 cm³/mol. The van der Waals surface area contributed by atoms with E-state index in [1.807, 2.05) is 36.4 Å². The van der Waals surface area contributed by atoms with Crippen LogP contribution in [0.3, 0.4) is 0 Å². The number of nitrogen functional groups attached to an aromatic ring is 1. The van der Waals surface area contributed by atoms with Crippen molar-refractivity contribution in [2.24, 2.45) is 0 Å².